The molecular weight excluding hydrogens is 237 g/mol. The maximum absolute atomic E-state index is 4.13. The molecule has 1 radical (unpaired) electrons. The van der Waals surface area contributed by atoms with Crippen LogP contribution in [0.3, 0.4) is 0 Å². The summed E-state index contributed by atoms with van der Waals surface area (Å²) in [6, 6.07) is 12.9. The van der Waals surface area contributed by atoms with Gasteiger partial charge in [-0.05, 0) is 6.07 Å². The van der Waals surface area contributed by atoms with Gasteiger partial charge in [-0.1, -0.05) is 24.3 Å². The van der Waals surface area contributed by atoms with Gasteiger partial charge in [0, 0.05) is 17.6 Å². The van der Waals surface area contributed by atoms with E-state index >= 15 is 0 Å². The fourth-order valence-electron chi connectivity index (χ4n) is 0.952. The van der Waals surface area contributed by atoms with Gasteiger partial charge < -0.3 is 0 Å². The Morgan fingerprint density at radius 1 is 1.18 bits per heavy atom. The van der Waals surface area contributed by atoms with Gasteiger partial charge in [0.15, 0.2) is 0 Å². The molecule has 0 N–H and O–H groups in total. The average molecular weight is 246 g/mol. The van der Waals surface area contributed by atoms with E-state index in [9.17, 15) is 0 Å². The number of pyridine rings is 1. The molecule has 0 atom stereocenters. The van der Waals surface area contributed by atoms with Crippen molar-refractivity contribution in [3.8, 4) is 0 Å². The Morgan fingerprint density at radius 2 is 2.00 bits per heavy atom. The largest absolute Gasteiger partial charge is 0.256 e. The molecule has 0 aliphatic heterocycles. The van der Waals surface area contributed by atoms with Crippen LogP contribution in [-0.4, -0.2) is 30.8 Å². The van der Waals surface area contributed by atoms with E-state index in [1.165, 1.54) is 0 Å². The van der Waals surface area contributed by atoms with Crippen molar-refractivity contribution in [2.45, 2.75) is 0 Å². The minimum Gasteiger partial charge on any atom is -0.256 e. The van der Waals surface area contributed by atoms with Gasteiger partial charge in [0.2, 0.25) is 0 Å². The van der Waals surface area contributed by atoms with Crippen LogP contribution in [0.1, 0.15) is 0 Å². The summed E-state index contributed by atoms with van der Waals surface area (Å²) in [7, 11) is 0. The number of benzene rings is 1. The second kappa shape index (κ2) is 3.77. The van der Waals surface area contributed by atoms with Gasteiger partial charge in [-0.2, -0.15) is 0 Å². The Bertz CT molecular complexity index is 281. The zero-order chi connectivity index (χ0) is 6.81. The minimum atomic E-state index is 0. The number of fused-ring (bicyclic) bond motifs is 1. The number of hydrogen-bond donors (Lipinski definition) is 0. The Hall–Kier alpha value is -0.500. The van der Waals surface area contributed by atoms with E-state index in [4.69, 9.17) is 0 Å². The minimum absolute atomic E-state index is 0. The van der Waals surface area contributed by atoms with Crippen molar-refractivity contribution < 1.29 is 0 Å². The van der Waals surface area contributed by atoms with Crippen LogP contribution in [0.4, 0.5) is 0 Å². The van der Waals surface area contributed by atoms with Gasteiger partial charge in [-0.25, -0.2) is 0 Å². The maximum atomic E-state index is 4.13. The van der Waals surface area contributed by atoms with Crippen LogP contribution < -0.4 is 0 Å². The molecule has 0 spiro atoms. The van der Waals surface area contributed by atoms with E-state index in [1.807, 2.05) is 30.3 Å². The van der Waals surface area contributed by atoms with Crippen molar-refractivity contribution in [3.05, 3.63) is 42.6 Å². The van der Waals surface area contributed by atoms with Crippen molar-refractivity contribution in [3.63, 3.8) is 0 Å². The third-order valence-electron chi connectivity index (χ3n) is 1.43. The SMILES string of the molecule is [InH3].[c]1cccc2cccnc12. The molecule has 0 bridgehead atoms. The fourth-order valence-corrected chi connectivity index (χ4v) is 0.952. The van der Waals surface area contributed by atoms with Gasteiger partial charge in [-0.15, -0.1) is 0 Å². The molecule has 2 aromatic rings. The molecule has 11 heavy (non-hydrogen) atoms. The summed E-state index contributed by atoms with van der Waals surface area (Å²) < 4.78 is 0. The molecule has 0 unspecified atom stereocenters. The summed E-state index contributed by atoms with van der Waals surface area (Å²) in [5.41, 5.74) is 0.935. The molecule has 0 saturated carbocycles. The molecule has 0 saturated heterocycles. The van der Waals surface area contributed by atoms with Gasteiger partial charge in [0.05, 0.1) is 5.52 Å². The molecule has 2 heteroatoms. The van der Waals surface area contributed by atoms with Crippen molar-refractivity contribution >= 4 is 36.7 Å². The topological polar surface area (TPSA) is 12.9 Å². The summed E-state index contributed by atoms with van der Waals surface area (Å²) in [5, 5.41) is 1.14. The molecule has 2 rings (SSSR count). The molecule has 0 fully saturated rings. The van der Waals surface area contributed by atoms with Gasteiger partial charge in [-0.3, -0.25) is 4.98 Å². The number of hydrogen-bond acceptors (Lipinski definition) is 1. The van der Waals surface area contributed by atoms with Crippen molar-refractivity contribution in [1.29, 1.82) is 0 Å². The number of nitrogens with zero attached hydrogens (tertiary/aromatic N) is 1. The van der Waals surface area contributed by atoms with Crippen LogP contribution in [0.2, 0.25) is 0 Å². The summed E-state index contributed by atoms with van der Waals surface area (Å²) in [5.74, 6) is 0. The van der Waals surface area contributed by atoms with Crippen LogP contribution in [0.25, 0.3) is 10.9 Å². The van der Waals surface area contributed by atoms with Gasteiger partial charge >= 0.3 is 25.8 Å². The first-order chi connectivity index (χ1) is 4.97. The van der Waals surface area contributed by atoms with E-state index < -0.39 is 0 Å². The molecule has 0 aliphatic carbocycles. The van der Waals surface area contributed by atoms with Gasteiger partial charge in [0.25, 0.3) is 0 Å². The first-order valence-electron chi connectivity index (χ1n) is 3.18. The molecular formula is C9H9InN. The van der Waals surface area contributed by atoms with Crippen LogP contribution >= 0.6 is 0 Å². The molecule has 53 valence electrons. The third-order valence-corrected chi connectivity index (χ3v) is 1.43. The number of aromatic nitrogens is 1. The van der Waals surface area contributed by atoms with Crippen LogP contribution in [0.15, 0.2) is 36.5 Å². The van der Waals surface area contributed by atoms with E-state index in [0.29, 0.717) is 0 Å². The molecule has 1 heterocycles. The molecule has 1 aromatic heterocycles. The summed E-state index contributed by atoms with van der Waals surface area (Å²) in [4.78, 5) is 4.13. The molecule has 0 aliphatic rings. The van der Waals surface area contributed by atoms with Crippen molar-refractivity contribution in [2.24, 2.45) is 0 Å². The summed E-state index contributed by atoms with van der Waals surface area (Å²) in [6.45, 7) is 0. The molecule has 1 nitrogen and oxygen atoms in total. The summed E-state index contributed by atoms with van der Waals surface area (Å²) in [6.07, 6.45) is 1.78. The number of para-hydroxylation sites is 1. The number of rotatable bonds is 0. The second-order valence-corrected chi connectivity index (χ2v) is 2.11. The molecule has 1 aromatic carbocycles. The smallest absolute Gasteiger partial charge is 0.0781 e. The Kier molecular flexibility index (Phi) is 2.94. The normalized spacial score (nSPS) is 9.09. The standard InChI is InChI=1S/C9H6N.In.3H/c1-2-6-9-8(4-1)5-3-7-10-9;;;;/h1-5,7H;;;;. The van der Waals surface area contributed by atoms with Crippen LogP contribution in [0.5, 0.6) is 0 Å². The van der Waals surface area contributed by atoms with E-state index in [-0.39, 0.29) is 25.8 Å². The van der Waals surface area contributed by atoms with E-state index in [2.05, 4.69) is 11.1 Å². The Balaban J connectivity index is 0.000000605. The predicted molar refractivity (Wildman–Crippen MR) is 50.5 cm³/mol. The van der Waals surface area contributed by atoms with E-state index in [0.717, 1.165) is 10.9 Å². The Labute approximate surface area is 84.2 Å². The molecule has 0 amide bonds. The average Bonchev–Trinajstić information content (AvgIpc) is 2.05. The Morgan fingerprint density at radius 3 is 2.82 bits per heavy atom. The van der Waals surface area contributed by atoms with E-state index in [1.54, 1.807) is 6.20 Å². The maximum Gasteiger partial charge on any atom is 0.0781 e. The first-order valence-corrected chi connectivity index (χ1v) is 3.18. The van der Waals surface area contributed by atoms with Crippen LogP contribution in [-0.2, 0) is 0 Å². The van der Waals surface area contributed by atoms with Crippen molar-refractivity contribution in [1.82, 2.24) is 4.98 Å². The zero-order valence-corrected chi connectivity index (χ0v) is 5.41. The monoisotopic (exact) mass is 246 g/mol. The van der Waals surface area contributed by atoms with Crippen molar-refractivity contribution in [2.75, 3.05) is 0 Å². The predicted octanol–water partition coefficient (Wildman–Crippen LogP) is 0.851. The third kappa shape index (κ3) is 1.74. The fraction of sp³-hybridized carbons (Fsp3) is 0. The second-order valence-electron chi connectivity index (χ2n) is 2.11. The quantitative estimate of drug-likeness (QED) is 0.671. The van der Waals surface area contributed by atoms with Crippen LogP contribution in [0, 0.1) is 6.07 Å². The first kappa shape index (κ1) is 8.60. The zero-order valence-electron chi connectivity index (χ0n) is 5.41. The van der Waals surface area contributed by atoms with Gasteiger partial charge in [0.1, 0.15) is 0 Å². The summed E-state index contributed by atoms with van der Waals surface area (Å²) >= 11 is 0.